The third-order valence-electron chi connectivity index (χ3n) is 4.09. The van der Waals surface area contributed by atoms with E-state index in [1.807, 2.05) is 6.92 Å². The molecular weight excluding hydrogens is 272 g/mol. The van der Waals surface area contributed by atoms with Crippen molar-refractivity contribution >= 4 is 0 Å². The van der Waals surface area contributed by atoms with Crippen LogP contribution in [0.5, 0.6) is 0 Å². The highest BCUT2D eigenvalue weighted by molar-refractivity contribution is 5.19. The molecule has 1 aliphatic carbocycles. The minimum Gasteiger partial charge on any atom is -0.271 e. The van der Waals surface area contributed by atoms with Gasteiger partial charge in [0, 0.05) is 32.5 Å². The van der Waals surface area contributed by atoms with Gasteiger partial charge in [-0.25, -0.2) is 8.78 Å². The van der Waals surface area contributed by atoms with Gasteiger partial charge in [-0.1, -0.05) is 6.92 Å². The maximum atomic E-state index is 13.3. The largest absolute Gasteiger partial charge is 0.289 e. The first-order valence-corrected chi connectivity index (χ1v) is 6.81. The summed E-state index contributed by atoms with van der Waals surface area (Å²) in [7, 11) is 0. The highest BCUT2D eigenvalue weighted by atomic mass is 19.3. The second kappa shape index (κ2) is 4.74. The van der Waals surface area contributed by atoms with Crippen LogP contribution >= 0.6 is 0 Å². The molecule has 0 amide bonds. The van der Waals surface area contributed by atoms with Gasteiger partial charge in [0.1, 0.15) is 5.69 Å². The van der Waals surface area contributed by atoms with Gasteiger partial charge >= 0.3 is 0 Å². The molecule has 1 fully saturated rings. The molecule has 0 bridgehead atoms. The lowest BCUT2D eigenvalue weighted by Gasteiger charge is -2.37. The molecule has 0 spiro atoms. The number of hydrogen-bond donors (Lipinski definition) is 0. The summed E-state index contributed by atoms with van der Waals surface area (Å²) >= 11 is 0. The third kappa shape index (κ3) is 3.33. The van der Waals surface area contributed by atoms with Gasteiger partial charge in [0.25, 0.3) is 5.92 Å². The molecule has 0 radical (unpaired) electrons. The van der Waals surface area contributed by atoms with Crippen LogP contribution in [0.15, 0.2) is 6.20 Å². The smallest absolute Gasteiger partial charge is 0.271 e. The molecule has 0 atom stereocenters. The van der Waals surface area contributed by atoms with Crippen LogP contribution in [0.2, 0.25) is 0 Å². The fraction of sp³-hybridized carbons (Fsp3) is 0.786. The average Bonchev–Trinajstić information content (AvgIpc) is 2.64. The fourth-order valence-electron chi connectivity index (χ4n) is 2.80. The van der Waals surface area contributed by atoms with Crippen molar-refractivity contribution in [1.82, 2.24) is 9.78 Å². The van der Waals surface area contributed by atoms with E-state index in [4.69, 9.17) is 0 Å². The number of rotatable bonds is 3. The van der Waals surface area contributed by atoms with Gasteiger partial charge in [0.15, 0.2) is 0 Å². The number of aryl methyl sites for hydroxylation is 1. The summed E-state index contributed by atoms with van der Waals surface area (Å²) in [6, 6.07) is 0. The molecule has 1 aliphatic rings. The van der Waals surface area contributed by atoms with Gasteiger partial charge < -0.3 is 0 Å². The highest BCUT2D eigenvalue weighted by Crippen LogP contribution is 2.44. The van der Waals surface area contributed by atoms with Gasteiger partial charge in [-0.2, -0.15) is 13.9 Å². The van der Waals surface area contributed by atoms with Gasteiger partial charge in [0.2, 0.25) is 5.92 Å². The van der Waals surface area contributed by atoms with Crippen LogP contribution in [0.3, 0.4) is 0 Å². The van der Waals surface area contributed by atoms with E-state index in [-0.39, 0.29) is 24.0 Å². The fourth-order valence-corrected chi connectivity index (χ4v) is 2.80. The molecule has 0 unspecified atom stereocenters. The first-order chi connectivity index (χ1) is 9.01. The van der Waals surface area contributed by atoms with Gasteiger partial charge in [0.05, 0.1) is 0 Å². The minimum absolute atomic E-state index is 0.138. The van der Waals surface area contributed by atoms with Crippen LogP contribution in [0.4, 0.5) is 17.6 Å². The minimum atomic E-state index is -2.98. The third-order valence-corrected chi connectivity index (χ3v) is 4.09. The van der Waals surface area contributed by atoms with Crippen LogP contribution in [0, 0.1) is 12.3 Å². The van der Waals surface area contributed by atoms with Crippen molar-refractivity contribution in [1.29, 1.82) is 0 Å². The van der Waals surface area contributed by atoms with Crippen molar-refractivity contribution in [3.8, 4) is 0 Å². The second-order valence-corrected chi connectivity index (χ2v) is 6.41. The summed E-state index contributed by atoms with van der Waals surface area (Å²) < 4.78 is 54.5. The molecular formula is C14H20F4N2. The predicted octanol–water partition coefficient (Wildman–Crippen LogP) is 4.52. The first kappa shape index (κ1) is 15.3. The zero-order valence-corrected chi connectivity index (χ0v) is 12.0. The Morgan fingerprint density at radius 1 is 1.25 bits per heavy atom. The molecule has 0 saturated heterocycles. The Balaban J connectivity index is 2.11. The van der Waals surface area contributed by atoms with Crippen LogP contribution < -0.4 is 0 Å². The molecule has 0 N–H and O–H groups in total. The van der Waals surface area contributed by atoms with Crippen LogP contribution in [-0.4, -0.2) is 15.7 Å². The molecule has 6 heteroatoms. The molecule has 20 heavy (non-hydrogen) atoms. The molecule has 1 heterocycles. The van der Waals surface area contributed by atoms with Crippen molar-refractivity contribution in [2.45, 2.75) is 64.8 Å². The molecule has 0 aromatic carbocycles. The lowest BCUT2D eigenvalue weighted by Crippen LogP contribution is -2.34. The SMILES string of the molecule is Cc1cn(CC2(C)CCC(F)(F)CC2)nc1C(C)(F)F. The molecule has 114 valence electrons. The van der Waals surface area contributed by atoms with E-state index in [0.717, 1.165) is 6.92 Å². The number of halogens is 4. The Labute approximate surface area is 116 Å². The van der Waals surface area contributed by atoms with E-state index < -0.39 is 11.8 Å². The summed E-state index contributed by atoms with van der Waals surface area (Å²) in [5.74, 6) is -5.56. The van der Waals surface area contributed by atoms with E-state index in [1.165, 1.54) is 4.68 Å². The number of nitrogens with zero attached hydrogens (tertiary/aromatic N) is 2. The molecule has 1 saturated carbocycles. The quantitative estimate of drug-likeness (QED) is 0.749. The van der Waals surface area contributed by atoms with Crippen LogP contribution in [0.1, 0.15) is 50.8 Å². The standard InChI is InChI=1S/C14H20F4N2/c1-10-8-20(19-11(10)13(3,15)16)9-12(2)4-6-14(17,18)7-5-12/h8H,4-7,9H2,1-3H3. The van der Waals surface area contributed by atoms with E-state index >= 15 is 0 Å². The Morgan fingerprint density at radius 2 is 1.80 bits per heavy atom. The number of hydrogen-bond acceptors (Lipinski definition) is 1. The van der Waals surface area contributed by atoms with Gasteiger partial charge in [-0.15, -0.1) is 0 Å². The monoisotopic (exact) mass is 292 g/mol. The summed E-state index contributed by atoms with van der Waals surface area (Å²) in [4.78, 5) is 0. The Morgan fingerprint density at radius 3 is 2.25 bits per heavy atom. The van der Waals surface area contributed by atoms with Gasteiger partial charge in [-0.3, -0.25) is 4.68 Å². The van der Waals surface area contributed by atoms with E-state index in [2.05, 4.69) is 5.10 Å². The summed E-state index contributed by atoms with van der Waals surface area (Å²) in [5.41, 5.74) is -0.107. The van der Waals surface area contributed by atoms with Gasteiger partial charge in [-0.05, 0) is 30.7 Å². The highest BCUT2D eigenvalue weighted by Gasteiger charge is 2.41. The molecule has 2 nitrogen and oxygen atoms in total. The summed E-state index contributed by atoms with van der Waals surface area (Å²) in [6.45, 7) is 4.73. The average molecular weight is 292 g/mol. The van der Waals surface area contributed by atoms with E-state index in [9.17, 15) is 17.6 Å². The Bertz CT molecular complexity index is 478. The van der Waals surface area contributed by atoms with E-state index in [1.54, 1.807) is 13.1 Å². The normalized spacial score (nSPS) is 21.9. The maximum absolute atomic E-state index is 13.3. The van der Waals surface area contributed by atoms with Crippen molar-refractivity contribution in [3.63, 3.8) is 0 Å². The predicted molar refractivity (Wildman–Crippen MR) is 68.1 cm³/mol. The Kier molecular flexibility index (Phi) is 3.63. The lowest BCUT2D eigenvalue weighted by atomic mass is 9.74. The zero-order valence-electron chi connectivity index (χ0n) is 12.0. The first-order valence-electron chi connectivity index (χ1n) is 6.81. The van der Waals surface area contributed by atoms with Crippen molar-refractivity contribution in [2.75, 3.05) is 0 Å². The molecule has 1 aromatic heterocycles. The number of aromatic nitrogens is 2. The number of alkyl halides is 4. The molecule has 1 aromatic rings. The summed E-state index contributed by atoms with van der Waals surface area (Å²) in [5, 5.41) is 3.94. The Hall–Kier alpha value is -1.07. The maximum Gasteiger partial charge on any atom is 0.289 e. The topological polar surface area (TPSA) is 17.8 Å². The molecule has 2 rings (SSSR count). The van der Waals surface area contributed by atoms with Crippen molar-refractivity contribution in [3.05, 3.63) is 17.5 Å². The van der Waals surface area contributed by atoms with Crippen molar-refractivity contribution < 1.29 is 17.6 Å². The van der Waals surface area contributed by atoms with E-state index in [0.29, 0.717) is 24.9 Å². The zero-order chi connectivity index (χ0) is 15.2. The lowest BCUT2D eigenvalue weighted by molar-refractivity contribution is -0.0672. The summed E-state index contributed by atoms with van der Waals surface area (Å²) in [6.07, 6.45) is 2.07. The van der Waals surface area contributed by atoms with Crippen LogP contribution in [0.25, 0.3) is 0 Å². The second-order valence-electron chi connectivity index (χ2n) is 6.41. The van der Waals surface area contributed by atoms with Crippen molar-refractivity contribution in [2.24, 2.45) is 5.41 Å². The molecule has 0 aliphatic heterocycles. The van der Waals surface area contributed by atoms with Crippen LogP contribution in [-0.2, 0) is 12.5 Å².